The highest BCUT2D eigenvalue weighted by molar-refractivity contribution is 7.47. The number of rotatable bonds is 48. The van der Waals surface area contributed by atoms with E-state index in [1.165, 1.54) is 122 Å². The van der Waals surface area contributed by atoms with Crippen LogP contribution in [-0.2, 0) is 27.9 Å². The van der Waals surface area contributed by atoms with Crippen molar-refractivity contribution in [2.24, 2.45) is 5.73 Å². The summed E-state index contributed by atoms with van der Waals surface area (Å²) in [5.74, 6) is -0.342. The van der Waals surface area contributed by atoms with E-state index >= 15 is 0 Å². The Hall–Kier alpha value is -2.06. The Morgan fingerprint density at radius 3 is 1.37 bits per heavy atom. The molecule has 0 saturated carbocycles. The van der Waals surface area contributed by atoms with E-state index in [2.05, 4.69) is 86.8 Å². The summed E-state index contributed by atoms with van der Waals surface area (Å²) in [6.07, 6.45) is 63.6. The van der Waals surface area contributed by atoms with Crippen molar-refractivity contribution >= 4 is 13.8 Å². The van der Waals surface area contributed by atoms with Gasteiger partial charge in [-0.15, -0.1) is 0 Å². The van der Waals surface area contributed by atoms with Crippen LogP contribution in [0, 0.1) is 0 Å². The number of nitrogens with two attached hydrogens (primary N) is 1. The number of carbonyl (C=O) groups is 1. The lowest BCUT2D eigenvalue weighted by molar-refractivity contribution is -0.154. The second-order valence-corrected chi connectivity index (χ2v) is 18.1. The van der Waals surface area contributed by atoms with E-state index < -0.39 is 13.9 Å². The van der Waals surface area contributed by atoms with Gasteiger partial charge in [0.25, 0.3) is 0 Å². The molecule has 0 radical (unpaired) electrons. The topological polar surface area (TPSA) is 117 Å². The lowest BCUT2D eigenvalue weighted by Crippen LogP contribution is -2.28. The summed E-state index contributed by atoms with van der Waals surface area (Å²) in [4.78, 5) is 22.6. The zero-order chi connectivity index (χ0) is 45.1. The first-order valence-corrected chi connectivity index (χ1v) is 26.9. The molecule has 0 aromatic heterocycles. The molecule has 0 bridgehead atoms. The molecule has 62 heavy (non-hydrogen) atoms. The van der Waals surface area contributed by atoms with Crippen LogP contribution in [-0.4, -0.2) is 49.9 Å². The Morgan fingerprint density at radius 2 is 0.903 bits per heavy atom. The molecule has 0 heterocycles. The molecule has 0 aromatic rings. The fraction of sp³-hybridized carbons (Fsp3) is 0.755. The average Bonchev–Trinajstić information content (AvgIpc) is 3.26. The van der Waals surface area contributed by atoms with Gasteiger partial charge in [0.1, 0.15) is 6.10 Å². The molecule has 360 valence electrons. The van der Waals surface area contributed by atoms with E-state index in [9.17, 15) is 14.3 Å². The Bertz CT molecular complexity index is 1180. The number of carbonyl (C=O) groups excluding carboxylic acids is 1. The van der Waals surface area contributed by atoms with E-state index in [1.54, 1.807) is 0 Å². The van der Waals surface area contributed by atoms with Crippen LogP contribution in [0.25, 0.3) is 0 Å². The Kier molecular flexibility index (Phi) is 48.3. The van der Waals surface area contributed by atoms with Gasteiger partial charge < -0.3 is 20.1 Å². The molecule has 0 spiro atoms. The zero-order valence-corrected chi connectivity index (χ0v) is 41.0. The van der Waals surface area contributed by atoms with E-state index in [-0.39, 0.29) is 32.3 Å². The number of hydrogen-bond donors (Lipinski definition) is 2. The molecule has 0 aliphatic rings. The van der Waals surface area contributed by atoms with Crippen molar-refractivity contribution in [3.8, 4) is 0 Å². The van der Waals surface area contributed by atoms with E-state index in [4.69, 9.17) is 24.3 Å². The summed E-state index contributed by atoms with van der Waals surface area (Å²) in [6.45, 7) is 4.80. The molecule has 2 atom stereocenters. The lowest BCUT2D eigenvalue weighted by Gasteiger charge is -2.20. The maximum absolute atomic E-state index is 12.7. The van der Waals surface area contributed by atoms with E-state index in [1.807, 2.05) is 0 Å². The minimum atomic E-state index is -4.29. The predicted molar refractivity (Wildman–Crippen MR) is 265 cm³/mol. The van der Waals surface area contributed by atoms with Crippen molar-refractivity contribution < 1.29 is 32.8 Å². The van der Waals surface area contributed by atoms with Gasteiger partial charge in [-0.3, -0.25) is 13.8 Å². The first-order chi connectivity index (χ1) is 30.4. The number of allylic oxidation sites excluding steroid dienone is 12. The van der Waals surface area contributed by atoms with Gasteiger partial charge in [-0.05, 0) is 83.5 Å². The molecule has 9 heteroatoms. The molecule has 0 saturated heterocycles. The SMILES string of the molecule is CC/C=C\C/C=C\C/C=C\C/C=C\C/C=C\CCCCCCCCCC(=O)OC(COCCCCCCCCCCCC/C=C\CCCCCCCC)COP(=O)(O)OCCN. The van der Waals surface area contributed by atoms with Crippen molar-refractivity contribution in [1.29, 1.82) is 0 Å². The summed E-state index contributed by atoms with van der Waals surface area (Å²) in [7, 11) is -4.29. The Labute approximate surface area is 382 Å². The van der Waals surface area contributed by atoms with Crippen molar-refractivity contribution in [1.82, 2.24) is 0 Å². The molecule has 0 aliphatic carbocycles. The van der Waals surface area contributed by atoms with Crippen molar-refractivity contribution in [3.63, 3.8) is 0 Å². The quantitative estimate of drug-likeness (QED) is 0.0268. The summed E-state index contributed by atoms with van der Waals surface area (Å²) in [5, 5.41) is 0. The minimum Gasteiger partial charge on any atom is -0.457 e. The Morgan fingerprint density at radius 1 is 0.500 bits per heavy atom. The normalized spacial score (nSPS) is 13.9. The molecule has 0 amide bonds. The number of esters is 1. The molecule has 2 unspecified atom stereocenters. The van der Waals surface area contributed by atoms with Gasteiger partial charge in [0.15, 0.2) is 0 Å². The zero-order valence-electron chi connectivity index (χ0n) is 40.1. The van der Waals surface area contributed by atoms with Gasteiger partial charge in [0.2, 0.25) is 0 Å². The van der Waals surface area contributed by atoms with Crippen LogP contribution in [0.1, 0.15) is 219 Å². The predicted octanol–water partition coefficient (Wildman–Crippen LogP) is 15.9. The largest absolute Gasteiger partial charge is 0.472 e. The molecule has 0 aliphatic heterocycles. The van der Waals surface area contributed by atoms with Crippen LogP contribution < -0.4 is 5.73 Å². The number of hydrogen-bond acceptors (Lipinski definition) is 7. The van der Waals surface area contributed by atoms with Crippen LogP contribution in [0.5, 0.6) is 0 Å². The van der Waals surface area contributed by atoms with Crippen LogP contribution >= 0.6 is 7.82 Å². The fourth-order valence-electron chi connectivity index (χ4n) is 6.90. The number of unbranched alkanes of at least 4 members (excludes halogenated alkanes) is 23. The van der Waals surface area contributed by atoms with Crippen LogP contribution in [0.4, 0.5) is 0 Å². The third kappa shape index (κ3) is 49.0. The number of phosphoric ester groups is 1. The summed E-state index contributed by atoms with van der Waals surface area (Å²) < 4.78 is 33.6. The monoisotopic (exact) mass is 890 g/mol. The maximum atomic E-state index is 12.7. The summed E-state index contributed by atoms with van der Waals surface area (Å²) >= 11 is 0. The fourth-order valence-corrected chi connectivity index (χ4v) is 7.67. The molecular weight excluding hydrogens is 794 g/mol. The second kappa shape index (κ2) is 49.9. The van der Waals surface area contributed by atoms with Crippen molar-refractivity contribution in [3.05, 3.63) is 72.9 Å². The molecule has 3 N–H and O–H groups in total. The van der Waals surface area contributed by atoms with Crippen molar-refractivity contribution in [2.45, 2.75) is 225 Å². The molecular formula is C53H96NO7P. The van der Waals surface area contributed by atoms with Crippen LogP contribution in [0.3, 0.4) is 0 Å². The lowest BCUT2D eigenvalue weighted by atomic mass is 10.1. The molecule has 0 aromatic carbocycles. The summed E-state index contributed by atoms with van der Waals surface area (Å²) in [6, 6.07) is 0. The van der Waals surface area contributed by atoms with E-state index in [0.717, 1.165) is 77.0 Å². The standard InChI is InChI=1S/C53H96NO7P/c1-3-5-7-9-11-13-15-17-19-21-23-25-26-27-28-30-32-34-36-38-40-42-44-46-53(55)61-52(51-60-62(56,57)59-49-47-54)50-58-48-45-43-41-39-37-35-33-31-29-24-22-20-18-16-14-12-10-8-6-4-2/h5,7,11,13,17-20,23,25,27-28,52H,3-4,6,8-10,12,14-16,21-22,24,26,29-51,54H2,1-2H3,(H,56,57)/b7-5-,13-11-,19-17-,20-18-,25-23-,28-27-. The highest BCUT2D eigenvalue weighted by atomic mass is 31.2. The Balaban J connectivity index is 3.99. The van der Waals surface area contributed by atoms with Gasteiger partial charge in [-0.25, -0.2) is 4.57 Å². The van der Waals surface area contributed by atoms with Gasteiger partial charge in [0, 0.05) is 19.6 Å². The van der Waals surface area contributed by atoms with Gasteiger partial charge in [-0.1, -0.05) is 202 Å². The molecule has 0 fully saturated rings. The van der Waals surface area contributed by atoms with Gasteiger partial charge >= 0.3 is 13.8 Å². The summed E-state index contributed by atoms with van der Waals surface area (Å²) in [5.41, 5.74) is 5.39. The van der Waals surface area contributed by atoms with Crippen LogP contribution in [0.2, 0.25) is 0 Å². The van der Waals surface area contributed by atoms with E-state index in [0.29, 0.717) is 13.0 Å². The number of ether oxygens (including phenoxy) is 2. The first kappa shape index (κ1) is 59.9. The third-order valence-electron chi connectivity index (χ3n) is 10.6. The van der Waals surface area contributed by atoms with Gasteiger partial charge in [0.05, 0.1) is 19.8 Å². The molecule has 8 nitrogen and oxygen atoms in total. The smallest absolute Gasteiger partial charge is 0.457 e. The van der Waals surface area contributed by atoms with Crippen LogP contribution in [0.15, 0.2) is 72.9 Å². The second-order valence-electron chi connectivity index (χ2n) is 16.6. The average molecular weight is 890 g/mol. The number of phosphoric acid groups is 1. The van der Waals surface area contributed by atoms with Crippen molar-refractivity contribution in [2.75, 3.05) is 33.0 Å². The van der Waals surface area contributed by atoms with Gasteiger partial charge in [-0.2, -0.15) is 0 Å². The first-order valence-electron chi connectivity index (χ1n) is 25.4. The minimum absolute atomic E-state index is 0.0953. The molecule has 0 rings (SSSR count). The highest BCUT2D eigenvalue weighted by Gasteiger charge is 2.25. The maximum Gasteiger partial charge on any atom is 0.472 e. The third-order valence-corrected chi connectivity index (χ3v) is 11.6. The highest BCUT2D eigenvalue weighted by Crippen LogP contribution is 2.43.